The van der Waals surface area contributed by atoms with Crippen LogP contribution in [0.15, 0.2) is 22.7 Å². The number of hydrogen-bond donors (Lipinski definition) is 3. The van der Waals surface area contributed by atoms with Crippen LogP contribution in [0.25, 0.3) is 0 Å². The zero-order chi connectivity index (χ0) is 15.7. The number of carboxylic acids is 1. The molecule has 0 aliphatic heterocycles. The Morgan fingerprint density at radius 1 is 1.43 bits per heavy atom. The van der Waals surface area contributed by atoms with Crippen molar-refractivity contribution in [2.75, 3.05) is 5.32 Å². The maximum Gasteiger partial charge on any atom is 0.335 e. The van der Waals surface area contributed by atoms with Crippen LogP contribution < -0.4 is 11.1 Å². The summed E-state index contributed by atoms with van der Waals surface area (Å²) in [5, 5.41) is 16.1. The van der Waals surface area contributed by atoms with Crippen molar-refractivity contribution in [1.82, 2.24) is 9.78 Å². The minimum atomic E-state index is -1.02. The van der Waals surface area contributed by atoms with Gasteiger partial charge in [0, 0.05) is 11.5 Å². The number of anilines is 2. The van der Waals surface area contributed by atoms with Gasteiger partial charge in [-0.1, -0.05) is 0 Å². The number of nitrogens with two attached hydrogens (primary N) is 1. The molecule has 1 aromatic carbocycles. The minimum Gasteiger partial charge on any atom is -0.478 e. The number of carboxylic acid groups (broad SMARTS) is 1. The molecule has 0 saturated carbocycles. The number of aryl methyl sites for hydroxylation is 2. The quantitative estimate of drug-likeness (QED) is 0.779. The Balaban J connectivity index is 2.44. The first-order valence-corrected chi connectivity index (χ1v) is 6.73. The second-order valence-electron chi connectivity index (χ2n) is 4.42. The standard InChI is InChI=1S/C13H13BrN4O3/c1-6-10(11(15)19)12(18(2)17-6)16-9-4-3-7(13(20)21)5-8(9)14/h3-5,16H,1-2H3,(H2,15,19)(H,20,21). The molecule has 0 aliphatic carbocycles. The molecule has 0 radical (unpaired) electrons. The van der Waals surface area contributed by atoms with E-state index in [4.69, 9.17) is 10.8 Å². The lowest BCUT2D eigenvalue weighted by Gasteiger charge is -2.10. The number of benzene rings is 1. The van der Waals surface area contributed by atoms with E-state index in [1.54, 1.807) is 20.0 Å². The van der Waals surface area contributed by atoms with Crippen LogP contribution >= 0.6 is 15.9 Å². The number of nitrogens with zero attached hydrogens (tertiary/aromatic N) is 2. The summed E-state index contributed by atoms with van der Waals surface area (Å²) in [4.78, 5) is 22.4. The van der Waals surface area contributed by atoms with Gasteiger partial charge in [0.05, 0.1) is 16.9 Å². The van der Waals surface area contributed by atoms with Crippen LogP contribution in [0.2, 0.25) is 0 Å². The van der Waals surface area contributed by atoms with Crippen molar-refractivity contribution in [3.63, 3.8) is 0 Å². The second kappa shape index (κ2) is 5.57. The topological polar surface area (TPSA) is 110 Å². The molecule has 1 amide bonds. The molecule has 8 heteroatoms. The fourth-order valence-corrected chi connectivity index (χ4v) is 2.45. The first-order chi connectivity index (χ1) is 9.81. The van der Waals surface area contributed by atoms with Crippen LogP contribution in [0, 0.1) is 6.92 Å². The molecule has 0 spiro atoms. The summed E-state index contributed by atoms with van der Waals surface area (Å²) < 4.78 is 2.06. The van der Waals surface area contributed by atoms with E-state index in [2.05, 4.69) is 26.3 Å². The molecule has 21 heavy (non-hydrogen) atoms. The average molecular weight is 353 g/mol. The molecule has 1 aromatic heterocycles. The maximum atomic E-state index is 11.5. The first-order valence-electron chi connectivity index (χ1n) is 5.94. The van der Waals surface area contributed by atoms with Crippen LogP contribution in [0.5, 0.6) is 0 Å². The van der Waals surface area contributed by atoms with Crippen molar-refractivity contribution in [1.29, 1.82) is 0 Å². The molecule has 0 aliphatic rings. The Morgan fingerprint density at radius 3 is 2.62 bits per heavy atom. The SMILES string of the molecule is Cc1nn(C)c(Nc2ccc(C(=O)O)cc2Br)c1C(N)=O. The monoisotopic (exact) mass is 352 g/mol. The number of halogens is 1. The van der Waals surface area contributed by atoms with Gasteiger partial charge >= 0.3 is 5.97 Å². The molecular weight excluding hydrogens is 340 g/mol. The van der Waals surface area contributed by atoms with Gasteiger partial charge in [-0.3, -0.25) is 9.48 Å². The molecule has 2 rings (SSSR count). The lowest BCUT2D eigenvalue weighted by molar-refractivity contribution is 0.0696. The van der Waals surface area contributed by atoms with Crippen molar-refractivity contribution < 1.29 is 14.7 Å². The fourth-order valence-electron chi connectivity index (χ4n) is 1.97. The number of aromatic nitrogens is 2. The summed E-state index contributed by atoms with van der Waals surface area (Å²) in [7, 11) is 1.68. The number of hydrogen-bond acceptors (Lipinski definition) is 4. The third kappa shape index (κ3) is 2.89. The van der Waals surface area contributed by atoms with Crippen LogP contribution in [0.4, 0.5) is 11.5 Å². The van der Waals surface area contributed by atoms with Gasteiger partial charge in [-0.05, 0) is 41.1 Å². The number of carbonyl (C=O) groups is 2. The van der Waals surface area contributed by atoms with E-state index in [0.29, 0.717) is 27.2 Å². The summed E-state index contributed by atoms with van der Waals surface area (Å²) in [6, 6.07) is 4.53. The zero-order valence-electron chi connectivity index (χ0n) is 11.3. The Kier molecular flexibility index (Phi) is 3.99. The molecule has 0 atom stereocenters. The molecule has 0 bridgehead atoms. The van der Waals surface area contributed by atoms with Crippen LogP contribution in [-0.4, -0.2) is 26.8 Å². The number of primary amides is 1. The second-order valence-corrected chi connectivity index (χ2v) is 5.28. The van der Waals surface area contributed by atoms with E-state index in [1.165, 1.54) is 16.8 Å². The molecule has 0 unspecified atom stereocenters. The lowest BCUT2D eigenvalue weighted by Crippen LogP contribution is -2.14. The van der Waals surface area contributed by atoms with Crippen molar-refractivity contribution in [3.05, 3.63) is 39.5 Å². The highest BCUT2D eigenvalue weighted by molar-refractivity contribution is 9.10. The maximum absolute atomic E-state index is 11.5. The molecule has 0 fully saturated rings. The number of nitrogens with one attached hydrogen (secondary N) is 1. The van der Waals surface area contributed by atoms with Gasteiger partial charge in [-0.15, -0.1) is 0 Å². The third-order valence-electron chi connectivity index (χ3n) is 2.94. The average Bonchev–Trinajstić information content (AvgIpc) is 2.66. The third-order valence-corrected chi connectivity index (χ3v) is 3.59. The number of rotatable bonds is 4. The fraction of sp³-hybridized carbons (Fsp3) is 0.154. The van der Waals surface area contributed by atoms with Gasteiger partial charge in [-0.25, -0.2) is 4.79 Å². The molecule has 110 valence electrons. The summed E-state index contributed by atoms with van der Waals surface area (Å²) in [5.74, 6) is -1.15. The first kappa shape index (κ1) is 15.0. The highest BCUT2D eigenvalue weighted by Gasteiger charge is 2.19. The van der Waals surface area contributed by atoms with Crippen molar-refractivity contribution in [2.45, 2.75) is 6.92 Å². The van der Waals surface area contributed by atoms with Crippen LogP contribution in [0.1, 0.15) is 26.4 Å². The summed E-state index contributed by atoms with van der Waals surface area (Å²) in [6.07, 6.45) is 0. The van der Waals surface area contributed by atoms with E-state index >= 15 is 0 Å². The van der Waals surface area contributed by atoms with Crippen LogP contribution in [0.3, 0.4) is 0 Å². The van der Waals surface area contributed by atoms with Gasteiger partial charge < -0.3 is 16.2 Å². The smallest absolute Gasteiger partial charge is 0.335 e. The highest BCUT2D eigenvalue weighted by atomic mass is 79.9. The number of aromatic carboxylic acids is 1. The molecule has 2 aromatic rings. The molecular formula is C13H13BrN4O3. The predicted octanol–water partition coefficient (Wildman–Crippen LogP) is 2.03. The number of amides is 1. The van der Waals surface area contributed by atoms with E-state index in [9.17, 15) is 9.59 Å². The molecule has 1 heterocycles. The highest BCUT2D eigenvalue weighted by Crippen LogP contribution is 2.29. The van der Waals surface area contributed by atoms with Gasteiger partial charge in [-0.2, -0.15) is 5.10 Å². The van der Waals surface area contributed by atoms with E-state index in [-0.39, 0.29) is 5.56 Å². The Bertz CT molecular complexity index is 739. The summed E-state index contributed by atoms with van der Waals surface area (Å²) >= 11 is 3.29. The summed E-state index contributed by atoms with van der Waals surface area (Å²) in [5.41, 5.74) is 6.94. The van der Waals surface area contributed by atoms with Crippen LogP contribution in [-0.2, 0) is 7.05 Å². The Labute approximate surface area is 128 Å². The van der Waals surface area contributed by atoms with Crippen molar-refractivity contribution >= 4 is 39.3 Å². The summed E-state index contributed by atoms with van der Waals surface area (Å²) in [6.45, 7) is 1.69. The van der Waals surface area contributed by atoms with Gasteiger partial charge in [0.1, 0.15) is 11.4 Å². The Morgan fingerprint density at radius 2 is 2.10 bits per heavy atom. The molecule has 4 N–H and O–H groups in total. The van der Waals surface area contributed by atoms with Gasteiger partial charge in [0.2, 0.25) is 0 Å². The molecule has 7 nitrogen and oxygen atoms in total. The number of carbonyl (C=O) groups excluding carboxylic acids is 1. The van der Waals surface area contributed by atoms with E-state index in [0.717, 1.165) is 0 Å². The Hall–Kier alpha value is -2.35. The predicted molar refractivity (Wildman–Crippen MR) is 80.8 cm³/mol. The van der Waals surface area contributed by atoms with Gasteiger partial charge in [0.15, 0.2) is 0 Å². The van der Waals surface area contributed by atoms with Crippen molar-refractivity contribution in [3.8, 4) is 0 Å². The van der Waals surface area contributed by atoms with E-state index in [1.807, 2.05) is 0 Å². The van der Waals surface area contributed by atoms with Crippen molar-refractivity contribution in [2.24, 2.45) is 12.8 Å². The van der Waals surface area contributed by atoms with E-state index < -0.39 is 11.9 Å². The largest absolute Gasteiger partial charge is 0.478 e. The molecule has 0 saturated heterocycles. The lowest BCUT2D eigenvalue weighted by atomic mass is 10.2. The minimum absolute atomic E-state index is 0.156. The zero-order valence-corrected chi connectivity index (χ0v) is 12.9. The van der Waals surface area contributed by atoms with Gasteiger partial charge in [0.25, 0.3) is 5.91 Å². The normalized spacial score (nSPS) is 10.4.